The molecule has 0 spiro atoms. The van der Waals surface area contributed by atoms with E-state index in [0.29, 0.717) is 11.1 Å². The number of carbonyl (C=O) groups excluding carboxylic acids is 2. The maximum absolute atomic E-state index is 14.9. The quantitative estimate of drug-likeness (QED) is 0.174. The zero-order chi connectivity index (χ0) is 30.8. The Labute approximate surface area is 260 Å². The summed E-state index contributed by atoms with van der Waals surface area (Å²) in [5.41, 5.74) is 0.332. The lowest BCUT2D eigenvalue weighted by Gasteiger charge is -2.36. The highest BCUT2D eigenvalue weighted by molar-refractivity contribution is 9.10. The highest BCUT2D eigenvalue weighted by atomic mass is 79.9. The first-order chi connectivity index (χ1) is 20.7. The molecule has 1 saturated heterocycles. The van der Waals surface area contributed by atoms with Crippen LogP contribution in [0.2, 0.25) is 0 Å². The minimum Gasteiger partial charge on any atom is -0.467 e. The van der Waals surface area contributed by atoms with Crippen LogP contribution in [0.4, 0.5) is 0 Å². The Kier molecular flexibility index (Phi) is 8.84. The van der Waals surface area contributed by atoms with Crippen molar-refractivity contribution in [3.8, 4) is 0 Å². The highest BCUT2D eigenvalue weighted by Crippen LogP contribution is 2.55. The molecule has 1 fully saturated rings. The summed E-state index contributed by atoms with van der Waals surface area (Å²) in [6.07, 6.45) is -1.12. The maximum Gasteiger partial charge on any atom is 0.341 e. The molecule has 1 aliphatic heterocycles. The number of halogens is 1. The largest absolute Gasteiger partial charge is 0.467 e. The van der Waals surface area contributed by atoms with Gasteiger partial charge in [-0.15, -0.1) is 4.31 Å². The summed E-state index contributed by atoms with van der Waals surface area (Å²) in [5, 5.41) is 0. The fourth-order valence-electron chi connectivity index (χ4n) is 5.77. The number of esters is 2. The molecule has 2 atom stereocenters. The molecular weight excluding hydrogens is 632 g/mol. The van der Waals surface area contributed by atoms with Crippen LogP contribution in [0.3, 0.4) is 0 Å². The summed E-state index contributed by atoms with van der Waals surface area (Å²) in [6.45, 7) is 2.04. The van der Waals surface area contributed by atoms with Gasteiger partial charge in [-0.1, -0.05) is 106 Å². The molecule has 0 bridgehead atoms. The van der Waals surface area contributed by atoms with Crippen LogP contribution in [-0.2, 0) is 35.6 Å². The van der Waals surface area contributed by atoms with Crippen LogP contribution in [0.1, 0.15) is 34.5 Å². The molecule has 4 aromatic carbocycles. The van der Waals surface area contributed by atoms with Gasteiger partial charge in [-0.2, -0.15) is 0 Å². The molecule has 0 N–H and O–H groups in total. The van der Waals surface area contributed by atoms with Crippen LogP contribution < -0.4 is 0 Å². The average molecular weight is 664 g/mol. The van der Waals surface area contributed by atoms with E-state index >= 15 is 0 Å². The van der Waals surface area contributed by atoms with Gasteiger partial charge in [-0.05, 0) is 47.9 Å². The van der Waals surface area contributed by atoms with E-state index in [2.05, 4.69) is 15.9 Å². The third-order valence-electron chi connectivity index (χ3n) is 7.67. The van der Waals surface area contributed by atoms with E-state index in [9.17, 15) is 18.0 Å². The summed E-state index contributed by atoms with van der Waals surface area (Å²) in [7, 11) is -2.29. The van der Waals surface area contributed by atoms with E-state index in [4.69, 9.17) is 9.47 Å². The number of sulfonamides is 1. The third kappa shape index (κ3) is 5.40. The van der Waals surface area contributed by atoms with E-state index in [1.165, 1.54) is 12.1 Å². The molecule has 43 heavy (non-hydrogen) atoms. The Bertz CT molecular complexity index is 1680. The summed E-state index contributed by atoms with van der Waals surface area (Å²) in [4.78, 5) is 30.2. The van der Waals surface area contributed by atoms with Crippen molar-refractivity contribution in [2.45, 2.75) is 36.1 Å². The van der Waals surface area contributed by atoms with Crippen molar-refractivity contribution < 1.29 is 27.5 Å². The van der Waals surface area contributed by atoms with Crippen LogP contribution in [0.15, 0.2) is 119 Å². The van der Waals surface area contributed by atoms with Crippen molar-refractivity contribution in [2.75, 3.05) is 14.2 Å². The normalized spacial score (nSPS) is 18.7. The second-order valence-corrected chi connectivity index (χ2v) is 13.0. The molecule has 0 unspecified atom stereocenters. The van der Waals surface area contributed by atoms with E-state index in [-0.39, 0.29) is 11.4 Å². The topological polar surface area (TPSA) is 93.2 Å². The smallest absolute Gasteiger partial charge is 0.341 e. The van der Waals surface area contributed by atoms with Crippen LogP contribution in [0, 0.1) is 6.92 Å². The predicted molar refractivity (Wildman–Crippen MR) is 165 cm³/mol. The lowest BCUT2D eigenvalue weighted by Crippen LogP contribution is -2.62. The van der Waals surface area contributed by atoms with Gasteiger partial charge in [0.2, 0.25) is 10.0 Å². The van der Waals surface area contributed by atoms with Gasteiger partial charge in [0.1, 0.15) is 6.17 Å². The first-order valence-corrected chi connectivity index (χ1v) is 15.8. The van der Waals surface area contributed by atoms with E-state index in [1.807, 2.05) is 48.2 Å². The number of ether oxygens (including phenoxy) is 2. The molecule has 0 aliphatic carbocycles. The van der Waals surface area contributed by atoms with E-state index < -0.39 is 39.7 Å². The second-order valence-electron chi connectivity index (χ2n) is 10.3. The molecule has 0 radical (unpaired) electrons. The molecule has 8 nitrogen and oxygen atoms in total. The van der Waals surface area contributed by atoms with Crippen molar-refractivity contribution in [1.82, 2.24) is 9.21 Å². The maximum atomic E-state index is 14.9. The SMILES string of the molecule is COC(=O)C1(C(=O)OC)[C@H](c2ccccc2)N(Cc2ccccc2)[C@@H](c2ccc(Br)cc2)N1S(=O)(=O)c1ccc(C)cc1. The van der Waals surface area contributed by atoms with Gasteiger partial charge in [0, 0.05) is 11.0 Å². The lowest BCUT2D eigenvalue weighted by molar-refractivity contribution is -0.168. The monoisotopic (exact) mass is 662 g/mol. The van der Waals surface area contributed by atoms with Crippen LogP contribution >= 0.6 is 15.9 Å². The number of benzene rings is 4. The fourth-order valence-corrected chi connectivity index (χ4v) is 7.88. The Morgan fingerprint density at radius 3 is 1.84 bits per heavy atom. The summed E-state index contributed by atoms with van der Waals surface area (Å²) in [6, 6.07) is 30.7. The number of aryl methyl sites for hydroxylation is 1. The molecule has 0 saturated carbocycles. The summed E-state index contributed by atoms with van der Waals surface area (Å²) < 4.78 is 42.2. The predicted octanol–water partition coefficient (Wildman–Crippen LogP) is 5.79. The van der Waals surface area contributed by atoms with Gasteiger partial charge in [0.05, 0.1) is 25.2 Å². The molecule has 1 heterocycles. The van der Waals surface area contributed by atoms with Gasteiger partial charge in [-0.3, -0.25) is 4.90 Å². The molecule has 0 amide bonds. The fraction of sp³-hybridized carbons (Fsp3) is 0.212. The van der Waals surface area contributed by atoms with Crippen LogP contribution in [0.25, 0.3) is 0 Å². The zero-order valence-corrected chi connectivity index (χ0v) is 26.3. The molecule has 5 rings (SSSR count). The van der Waals surface area contributed by atoms with Gasteiger partial charge >= 0.3 is 11.9 Å². The number of hydrogen-bond acceptors (Lipinski definition) is 7. The average Bonchev–Trinajstić information content (AvgIpc) is 3.33. The molecule has 10 heteroatoms. The van der Waals surface area contributed by atoms with Crippen LogP contribution in [0.5, 0.6) is 0 Å². The van der Waals surface area contributed by atoms with Gasteiger partial charge < -0.3 is 9.47 Å². The number of nitrogens with zero attached hydrogens (tertiary/aromatic N) is 2. The molecular formula is C33H31BrN2O6S. The highest BCUT2D eigenvalue weighted by Gasteiger charge is 2.72. The number of methoxy groups -OCH3 is 2. The first-order valence-electron chi connectivity index (χ1n) is 13.5. The minimum atomic E-state index is -4.57. The van der Waals surface area contributed by atoms with Crippen molar-refractivity contribution >= 4 is 37.9 Å². The van der Waals surface area contributed by atoms with E-state index in [1.54, 1.807) is 60.7 Å². The third-order valence-corrected chi connectivity index (χ3v) is 10.1. The number of hydrogen-bond donors (Lipinski definition) is 0. The van der Waals surface area contributed by atoms with Gasteiger partial charge in [0.25, 0.3) is 5.54 Å². The van der Waals surface area contributed by atoms with Crippen LogP contribution in [-0.4, -0.2) is 49.3 Å². The molecule has 222 valence electrons. The Morgan fingerprint density at radius 1 is 0.767 bits per heavy atom. The Hall–Kier alpha value is -3.83. The Balaban J connectivity index is 1.92. The lowest BCUT2D eigenvalue weighted by atomic mass is 9.85. The van der Waals surface area contributed by atoms with Crippen molar-refractivity contribution in [2.24, 2.45) is 0 Å². The number of rotatable bonds is 8. The summed E-state index contributed by atoms with van der Waals surface area (Å²) >= 11 is 3.47. The Morgan fingerprint density at radius 2 is 1.30 bits per heavy atom. The standard InChI is InChI=1S/C33H31BrN2O6S/c1-23-14-20-28(21-15-23)43(39,40)36-30(26-16-18-27(34)19-17-26)35(22-24-10-6-4-7-11-24)29(25-12-8-5-9-13-25)33(36,31(37)41-2)32(38)42-3/h4-21,29-30H,22H2,1-3H3/t29-,30+/m0/s1. The molecule has 4 aromatic rings. The second kappa shape index (κ2) is 12.4. The summed E-state index contributed by atoms with van der Waals surface area (Å²) in [5.74, 6) is -2.11. The van der Waals surface area contributed by atoms with Gasteiger partial charge in [-0.25, -0.2) is 18.0 Å². The molecule has 0 aromatic heterocycles. The minimum absolute atomic E-state index is 0.0780. The van der Waals surface area contributed by atoms with Crippen molar-refractivity contribution in [3.05, 3.63) is 136 Å². The van der Waals surface area contributed by atoms with E-state index in [0.717, 1.165) is 34.1 Å². The zero-order valence-electron chi connectivity index (χ0n) is 23.9. The van der Waals surface area contributed by atoms with Crippen molar-refractivity contribution in [1.29, 1.82) is 0 Å². The van der Waals surface area contributed by atoms with Crippen molar-refractivity contribution in [3.63, 3.8) is 0 Å². The molecule has 1 aliphatic rings. The van der Waals surface area contributed by atoms with Gasteiger partial charge in [0.15, 0.2) is 0 Å². The number of carbonyl (C=O) groups is 2. The first kappa shape index (κ1) is 30.6.